The number of anilines is 1. The highest BCUT2D eigenvalue weighted by atomic mass is 16.6. The van der Waals surface area contributed by atoms with Gasteiger partial charge >= 0.3 is 6.09 Å². The first kappa shape index (κ1) is 30.0. The molecule has 0 aliphatic heterocycles. The molecule has 2 rings (SSSR count). The fourth-order valence-corrected chi connectivity index (χ4v) is 3.73. The molecule has 2 unspecified atom stereocenters. The van der Waals surface area contributed by atoms with Crippen molar-refractivity contribution in [2.75, 3.05) is 19.0 Å². The number of nitrogens with zero attached hydrogens (tertiary/aromatic N) is 2. The maximum Gasteiger partial charge on any atom is 0.408 e. The molecule has 0 aliphatic carbocycles. The number of carbonyl (C=O) groups is 3. The van der Waals surface area contributed by atoms with Gasteiger partial charge in [-0.05, 0) is 75.1 Å². The van der Waals surface area contributed by atoms with E-state index in [2.05, 4.69) is 10.6 Å². The lowest BCUT2D eigenvalue weighted by molar-refractivity contribution is -0.140. The minimum Gasteiger partial charge on any atom is -0.508 e. The Morgan fingerprint density at radius 3 is 2.16 bits per heavy atom. The van der Waals surface area contributed by atoms with Crippen molar-refractivity contribution in [3.8, 4) is 17.6 Å². The molecule has 0 aromatic heterocycles. The number of hydrogen-bond donors (Lipinski definition) is 3. The molecule has 10 heteroatoms. The van der Waals surface area contributed by atoms with Crippen LogP contribution in [-0.4, -0.2) is 53.2 Å². The zero-order valence-electron chi connectivity index (χ0n) is 22.6. The van der Waals surface area contributed by atoms with E-state index in [1.165, 1.54) is 31.4 Å². The minimum absolute atomic E-state index is 0.00284. The van der Waals surface area contributed by atoms with Gasteiger partial charge in [-0.2, -0.15) is 5.26 Å². The van der Waals surface area contributed by atoms with E-state index in [9.17, 15) is 24.8 Å². The lowest BCUT2D eigenvalue weighted by Gasteiger charge is -2.33. The first-order chi connectivity index (χ1) is 17.8. The van der Waals surface area contributed by atoms with Crippen molar-refractivity contribution in [3.63, 3.8) is 0 Å². The summed E-state index contributed by atoms with van der Waals surface area (Å²) in [5, 5.41) is 24.8. The Hall–Kier alpha value is -4.26. The van der Waals surface area contributed by atoms with Crippen molar-refractivity contribution >= 4 is 23.6 Å². The van der Waals surface area contributed by atoms with Gasteiger partial charge in [0.2, 0.25) is 5.91 Å². The second-order valence-electron chi connectivity index (χ2n) is 10.2. The van der Waals surface area contributed by atoms with Crippen molar-refractivity contribution in [2.24, 2.45) is 5.92 Å². The third-order valence-corrected chi connectivity index (χ3v) is 5.35. The molecule has 3 amide bonds. The van der Waals surface area contributed by atoms with E-state index in [4.69, 9.17) is 9.47 Å². The first-order valence-electron chi connectivity index (χ1n) is 12.3. The highest BCUT2D eigenvalue weighted by Gasteiger charge is 2.36. The average molecular weight is 525 g/mol. The number of hydrogen-bond acceptors (Lipinski definition) is 7. The summed E-state index contributed by atoms with van der Waals surface area (Å²) in [6.45, 7) is 8.47. The number of phenols is 1. The molecule has 3 N–H and O–H groups in total. The predicted octanol–water partition coefficient (Wildman–Crippen LogP) is 4.37. The lowest BCUT2D eigenvalue weighted by Crippen LogP contribution is -2.52. The van der Waals surface area contributed by atoms with Gasteiger partial charge in [-0.3, -0.25) is 9.59 Å². The number of phenolic OH excluding ortho intramolecular Hbond substituents is 1. The van der Waals surface area contributed by atoms with Crippen molar-refractivity contribution in [3.05, 3.63) is 54.1 Å². The van der Waals surface area contributed by atoms with Crippen molar-refractivity contribution in [2.45, 2.75) is 58.7 Å². The summed E-state index contributed by atoms with van der Waals surface area (Å²) >= 11 is 0. The van der Waals surface area contributed by atoms with Gasteiger partial charge in [0.15, 0.2) is 0 Å². The summed E-state index contributed by atoms with van der Waals surface area (Å²) < 4.78 is 10.5. The average Bonchev–Trinajstić information content (AvgIpc) is 2.83. The summed E-state index contributed by atoms with van der Waals surface area (Å²) in [6.07, 6.45) is -0.528. The fourth-order valence-electron chi connectivity index (χ4n) is 3.73. The predicted molar refractivity (Wildman–Crippen MR) is 142 cm³/mol. The Balaban J connectivity index is 2.47. The van der Waals surface area contributed by atoms with E-state index >= 15 is 0 Å². The van der Waals surface area contributed by atoms with E-state index in [0.29, 0.717) is 17.0 Å². The largest absolute Gasteiger partial charge is 0.508 e. The molecule has 0 bridgehead atoms. The van der Waals surface area contributed by atoms with Crippen LogP contribution < -0.4 is 15.4 Å². The van der Waals surface area contributed by atoms with E-state index in [0.717, 1.165) is 4.90 Å². The first-order valence-corrected chi connectivity index (χ1v) is 12.3. The van der Waals surface area contributed by atoms with Crippen LogP contribution in [0.4, 0.5) is 10.5 Å². The fraction of sp³-hybridized carbons (Fsp3) is 0.429. The van der Waals surface area contributed by atoms with Crippen molar-refractivity contribution in [1.82, 2.24) is 10.2 Å². The number of benzene rings is 2. The number of nitrogens with one attached hydrogen (secondary N) is 2. The zero-order valence-corrected chi connectivity index (χ0v) is 22.6. The van der Waals surface area contributed by atoms with E-state index in [-0.39, 0.29) is 18.1 Å². The van der Waals surface area contributed by atoms with Crippen LogP contribution >= 0.6 is 0 Å². The van der Waals surface area contributed by atoms with Gasteiger partial charge < -0.3 is 30.1 Å². The SMILES string of the molecule is COc1ccc(NC(=O)C(c2ccc(O)cc2)N(CC#N)C(=O)C(CC(C)C)NC(=O)OC(C)(C)C)cc1. The van der Waals surface area contributed by atoms with Gasteiger partial charge in [0.1, 0.15) is 35.7 Å². The topological polar surface area (TPSA) is 141 Å². The molecular weight excluding hydrogens is 488 g/mol. The van der Waals surface area contributed by atoms with Crippen LogP contribution in [-0.2, 0) is 14.3 Å². The molecule has 0 heterocycles. The van der Waals surface area contributed by atoms with Gasteiger partial charge in [0, 0.05) is 5.69 Å². The maximum atomic E-state index is 13.9. The number of rotatable bonds is 10. The monoisotopic (exact) mass is 524 g/mol. The van der Waals surface area contributed by atoms with E-state index in [1.807, 2.05) is 19.9 Å². The zero-order chi connectivity index (χ0) is 28.5. The van der Waals surface area contributed by atoms with Gasteiger partial charge in [-0.25, -0.2) is 4.79 Å². The number of methoxy groups -OCH3 is 1. The molecule has 0 saturated carbocycles. The normalized spacial score (nSPS) is 12.6. The Bertz CT molecular complexity index is 1130. The number of aromatic hydroxyl groups is 1. The molecule has 2 atom stereocenters. The molecule has 2 aromatic rings. The summed E-state index contributed by atoms with van der Waals surface area (Å²) in [5.74, 6) is -0.614. The van der Waals surface area contributed by atoms with Crippen LogP contribution in [0.5, 0.6) is 11.5 Å². The Morgan fingerprint density at radius 1 is 1.05 bits per heavy atom. The molecule has 2 aromatic carbocycles. The van der Waals surface area contributed by atoms with Crippen molar-refractivity contribution in [1.29, 1.82) is 5.26 Å². The number of ether oxygens (including phenoxy) is 2. The smallest absolute Gasteiger partial charge is 0.408 e. The molecule has 0 fully saturated rings. The molecule has 10 nitrogen and oxygen atoms in total. The number of nitriles is 1. The number of alkyl carbamates (subject to hydrolysis) is 1. The summed E-state index contributed by atoms with van der Waals surface area (Å²) in [7, 11) is 1.53. The minimum atomic E-state index is -1.24. The molecular formula is C28H36N4O6. The summed E-state index contributed by atoms with van der Waals surface area (Å²) in [4.78, 5) is 41.1. The van der Waals surface area contributed by atoms with Gasteiger partial charge in [0.25, 0.3) is 5.91 Å². The highest BCUT2D eigenvalue weighted by molar-refractivity contribution is 5.99. The second kappa shape index (κ2) is 13.3. The quantitative estimate of drug-likeness (QED) is 0.392. The summed E-state index contributed by atoms with van der Waals surface area (Å²) in [5.41, 5.74) is 0.0434. The van der Waals surface area contributed by atoms with Crippen LogP contribution in [0.1, 0.15) is 52.6 Å². The molecule has 0 aliphatic rings. The highest BCUT2D eigenvalue weighted by Crippen LogP contribution is 2.27. The van der Waals surface area contributed by atoms with Crippen LogP contribution in [0.25, 0.3) is 0 Å². The molecule has 38 heavy (non-hydrogen) atoms. The Morgan fingerprint density at radius 2 is 1.66 bits per heavy atom. The van der Waals surface area contributed by atoms with Gasteiger partial charge in [-0.1, -0.05) is 26.0 Å². The maximum absolute atomic E-state index is 13.9. The van der Waals surface area contributed by atoms with E-state index < -0.39 is 42.1 Å². The van der Waals surface area contributed by atoms with Crippen LogP contribution in [0.2, 0.25) is 0 Å². The Kier molecular flexibility index (Phi) is 10.5. The van der Waals surface area contributed by atoms with E-state index in [1.54, 1.807) is 45.0 Å². The summed E-state index contributed by atoms with van der Waals surface area (Å²) in [6, 6.07) is 12.1. The second-order valence-corrected chi connectivity index (χ2v) is 10.2. The van der Waals surface area contributed by atoms with Crippen LogP contribution in [0.15, 0.2) is 48.5 Å². The number of amides is 3. The van der Waals surface area contributed by atoms with Crippen LogP contribution in [0, 0.1) is 17.2 Å². The molecule has 0 saturated heterocycles. The van der Waals surface area contributed by atoms with Gasteiger partial charge in [0.05, 0.1) is 13.2 Å². The van der Waals surface area contributed by atoms with Crippen LogP contribution in [0.3, 0.4) is 0 Å². The standard InChI is InChI=1S/C28H36N4O6/c1-18(2)17-23(31-27(36)38-28(3,4)5)26(35)32(16-15-29)24(19-7-11-21(33)12-8-19)25(34)30-20-9-13-22(37-6)14-10-20/h7-14,18,23-24,33H,16-17H2,1-6H3,(H,30,34)(H,31,36). The third kappa shape index (κ3) is 9.00. The Labute approximate surface area is 223 Å². The van der Waals surface area contributed by atoms with Crippen molar-refractivity contribution < 1.29 is 29.0 Å². The van der Waals surface area contributed by atoms with Gasteiger partial charge in [-0.15, -0.1) is 0 Å². The third-order valence-electron chi connectivity index (χ3n) is 5.35. The lowest BCUT2D eigenvalue weighted by atomic mass is 9.99. The molecule has 0 radical (unpaired) electrons. The molecule has 204 valence electrons. The number of carbonyl (C=O) groups excluding carboxylic acids is 3. The molecule has 0 spiro atoms.